The zero-order chi connectivity index (χ0) is 8.43. The summed E-state index contributed by atoms with van der Waals surface area (Å²) in [5.41, 5.74) is 0. The summed E-state index contributed by atoms with van der Waals surface area (Å²) in [6.45, 7) is 0. The summed E-state index contributed by atoms with van der Waals surface area (Å²) in [6, 6.07) is 0. The van der Waals surface area contributed by atoms with Gasteiger partial charge in [0.05, 0.1) is 6.20 Å². The molecule has 1 aromatic heterocycles. The number of carbonyl (C=O) groups is 1. The molecule has 0 bridgehead atoms. The highest BCUT2D eigenvalue weighted by Crippen LogP contribution is 2.25. The van der Waals surface area contributed by atoms with E-state index < -0.39 is 6.09 Å². The lowest BCUT2D eigenvalue weighted by molar-refractivity contribution is 0.203. The van der Waals surface area contributed by atoms with Crippen molar-refractivity contribution in [1.82, 2.24) is 4.98 Å². The highest BCUT2D eigenvalue weighted by Gasteiger charge is 2.10. The molecule has 0 fully saturated rings. The SMILES string of the molecule is CN(C(=O)O)c1cnc(Br)s1. The van der Waals surface area contributed by atoms with Gasteiger partial charge in [-0.05, 0) is 15.9 Å². The van der Waals surface area contributed by atoms with Crippen molar-refractivity contribution in [2.24, 2.45) is 0 Å². The van der Waals surface area contributed by atoms with E-state index in [1.165, 1.54) is 24.6 Å². The largest absolute Gasteiger partial charge is 0.465 e. The third-order valence-corrected chi connectivity index (χ3v) is 2.64. The number of carboxylic acid groups (broad SMARTS) is 1. The van der Waals surface area contributed by atoms with E-state index in [2.05, 4.69) is 20.9 Å². The third-order valence-electron chi connectivity index (χ3n) is 1.08. The molecule has 0 aliphatic heterocycles. The fourth-order valence-corrected chi connectivity index (χ4v) is 1.69. The molecule has 0 unspecified atom stereocenters. The zero-order valence-corrected chi connectivity index (χ0v) is 8.02. The number of halogens is 1. The molecule has 1 amide bonds. The molecule has 11 heavy (non-hydrogen) atoms. The fourth-order valence-electron chi connectivity index (χ4n) is 0.494. The molecule has 0 spiro atoms. The third kappa shape index (κ3) is 1.90. The second kappa shape index (κ2) is 3.19. The average molecular weight is 237 g/mol. The predicted octanol–water partition coefficient (Wildman–Crippen LogP) is 2.02. The monoisotopic (exact) mass is 236 g/mol. The van der Waals surface area contributed by atoms with Gasteiger partial charge in [0.25, 0.3) is 0 Å². The van der Waals surface area contributed by atoms with E-state index in [0.717, 1.165) is 4.90 Å². The van der Waals surface area contributed by atoms with Crippen molar-refractivity contribution in [3.05, 3.63) is 10.1 Å². The van der Waals surface area contributed by atoms with E-state index in [-0.39, 0.29) is 0 Å². The summed E-state index contributed by atoms with van der Waals surface area (Å²) in [5.74, 6) is 0. The quantitative estimate of drug-likeness (QED) is 0.812. The zero-order valence-electron chi connectivity index (χ0n) is 5.61. The normalized spacial score (nSPS) is 9.64. The molecule has 1 aromatic rings. The van der Waals surface area contributed by atoms with Crippen molar-refractivity contribution in [3.63, 3.8) is 0 Å². The molecule has 1 heterocycles. The van der Waals surface area contributed by atoms with Crippen LogP contribution in [0.1, 0.15) is 0 Å². The van der Waals surface area contributed by atoms with Crippen LogP contribution in [0.3, 0.4) is 0 Å². The Balaban J connectivity index is 2.84. The molecule has 0 saturated heterocycles. The lowest BCUT2D eigenvalue weighted by Gasteiger charge is -2.07. The van der Waals surface area contributed by atoms with E-state index in [4.69, 9.17) is 5.11 Å². The van der Waals surface area contributed by atoms with E-state index >= 15 is 0 Å². The lowest BCUT2D eigenvalue weighted by atomic mass is 10.7. The summed E-state index contributed by atoms with van der Waals surface area (Å²) in [6.07, 6.45) is 0.518. The van der Waals surface area contributed by atoms with Crippen LogP contribution in [0.4, 0.5) is 9.80 Å². The van der Waals surface area contributed by atoms with Gasteiger partial charge in [0, 0.05) is 7.05 Å². The molecular formula is C5H5BrN2O2S. The molecule has 0 saturated carbocycles. The van der Waals surface area contributed by atoms with Crippen LogP contribution in [0.25, 0.3) is 0 Å². The second-order valence-corrected chi connectivity index (χ2v) is 4.08. The Morgan fingerprint density at radius 3 is 2.91 bits per heavy atom. The van der Waals surface area contributed by atoms with Crippen LogP contribution in [0.15, 0.2) is 10.1 Å². The summed E-state index contributed by atoms with van der Waals surface area (Å²) in [4.78, 5) is 15.4. The van der Waals surface area contributed by atoms with E-state index in [9.17, 15) is 4.79 Å². The number of amides is 1. The van der Waals surface area contributed by atoms with Crippen LogP contribution in [-0.4, -0.2) is 23.2 Å². The molecule has 1 rings (SSSR count). The minimum absolute atomic E-state index is 0.601. The molecule has 6 heteroatoms. The molecular weight excluding hydrogens is 232 g/mol. The van der Waals surface area contributed by atoms with Crippen molar-refractivity contribution in [1.29, 1.82) is 0 Å². The minimum atomic E-state index is -0.985. The highest BCUT2D eigenvalue weighted by atomic mass is 79.9. The topological polar surface area (TPSA) is 53.4 Å². The maximum Gasteiger partial charge on any atom is 0.412 e. The molecule has 1 N–H and O–H groups in total. The van der Waals surface area contributed by atoms with Gasteiger partial charge in [-0.15, -0.1) is 0 Å². The van der Waals surface area contributed by atoms with Crippen molar-refractivity contribution >= 4 is 38.4 Å². The van der Waals surface area contributed by atoms with Gasteiger partial charge < -0.3 is 5.11 Å². The first kappa shape index (κ1) is 8.48. The second-order valence-electron chi connectivity index (χ2n) is 1.79. The van der Waals surface area contributed by atoms with E-state index in [1.807, 2.05) is 0 Å². The Morgan fingerprint density at radius 1 is 1.91 bits per heavy atom. The Hall–Kier alpha value is -0.620. The first-order chi connectivity index (χ1) is 5.11. The van der Waals surface area contributed by atoms with Gasteiger partial charge in [-0.3, -0.25) is 4.90 Å². The molecule has 60 valence electrons. The first-order valence-corrected chi connectivity index (χ1v) is 4.30. The number of anilines is 1. The predicted molar refractivity (Wildman–Crippen MR) is 46.2 cm³/mol. The molecule has 4 nitrogen and oxygen atoms in total. The highest BCUT2D eigenvalue weighted by molar-refractivity contribution is 9.11. The lowest BCUT2D eigenvalue weighted by Crippen LogP contribution is -2.22. The van der Waals surface area contributed by atoms with Crippen molar-refractivity contribution < 1.29 is 9.90 Å². The summed E-state index contributed by atoms with van der Waals surface area (Å²) < 4.78 is 0.681. The number of hydrogen-bond acceptors (Lipinski definition) is 3. The number of rotatable bonds is 1. The fraction of sp³-hybridized carbons (Fsp3) is 0.200. The van der Waals surface area contributed by atoms with E-state index in [0.29, 0.717) is 8.92 Å². The van der Waals surface area contributed by atoms with Gasteiger partial charge in [0.15, 0.2) is 3.92 Å². The minimum Gasteiger partial charge on any atom is -0.465 e. The van der Waals surface area contributed by atoms with Crippen LogP contribution in [0.5, 0.6) is 0 Å². The molecule has 0 aromatic carbocycles. The molecule has 0 aliphatic carbocycles. The van der Waals surface area contributed by atoms with Gasteiger partial charge in [-0.1, -0.05) is 11.3 Å². The van der Waals surface area contributed by atoms with Gasteiger partial charge in [-0.25, -0.2) is 9.78 Å². The Morgan fingerprint density at radius 2 is 2.55 bits per heavy atom. The summed E-state index contributed by atoms with van der Waals surface area (Å²) in [7, 11) is 1.47. The van der Waals surface area contributed by atoms with E-state index in [1.54, 1.807) is 0 Å². The molecule has 0 radical (unpaired) electrons. The number of nitrogens with zero attached hydrogens (tertiary/aromatic N) is 2. The molecule has 0 aliphatic rings. The Bertz CT molecular complexity index is 275. The molecule has 0 atom stereocenters. The maximum atomic E-state index is 10.4. The number of hydrogen-bond donors (Lipinski definition) is 1. The maximum absolute atomic E-state index is 10.4. The Kier molecular flexibility index (Phi) is 2.45. The smallest absolute Gasteiger partial charge is 0.412 e. The standard InChI is InChI=1S/C5H5BrN2O2S/c1-8(5(9)10)3-2-7-4(6)11-3/h2H,1H3,(H,9,10). The summed E-state index contributed by atoms with van der Waals surface area (Å²) >= 11 is 4.41. The van der Waals surface area contributed by atoms with Crippen molar-refractivity contribution in [2.45, 2.75) is 0 Å². The summed E-state index contributed by atoms with van der Waals surface area (Å²) in [5, 5.41) is 9.14. The van der Waals surface area contributed by atoms with Gasteiger partial charge in [-0.2, -0.15) is 0 Å². The van der Waals surface area contributed by atoms with Crippen LogP contribution in [0, 0.1) is 0 Å². The first-order valence-electron chi connectivity index (χ1n) is 2.69. The van der Waals surface area contributed by atoms with Crippen LogP contribution in [-0.2, 0) is 0 Å². The average Bonchev–Trinajstić information content (AvgIpc) is 2.34. The number of aromatic nitrogens is 1. The van der Waals surface area contributed by atoms with Crippen LogP contribution in [0.2, 0.25) is 0 Å². The van der Waals surface area contributed by atoms with Crippen molar-refractivity contribution in [2.75, 3.05) is 11.9 Å². The van der Waals surface area contributed by atoms with Gasteiger partial charge in [0.2, 0.25) is 0 Å². The van der Waals surface area contributed by atoms with Gasteiger partial charge >= 0.3 is 6.09 Å². The Labute approximate surface area is 75.6 Å². The van der Waals surface area contributed by atoms with Gasteiger partial charge in [0.1, 0.15) is 5.00 Å². The van der Waals surface area contributed by atoms with Crippen LogP contribution < -0.4 is 4.90 Å². The van der Waals surface area contributed by atoms with Crippen LogP contribution >= 0.6 is 27.3 Å². The van der Waals surface area contributed by atoms with Crippen molar-refractivity contribution in [3.8, 4) is 0 Å². The number of thiazole rings is 1.